The average molecular weight is 369 g/mol. The summed E-state index contributed by atoms with van der Waals surface area (Å²) in [4.78, 5) is 23.7. The van der Waals surface area contributed by atoms with Crippen LogP contribution < -0.4 is 5.73 Å². The van der Waals surface area contributed by atoms with Gasteiger partial charge in [-0.05, 0) is 55.5 Å². The van der Waals surface area contributed by atoms with Crippen molar-refractivity contribution in [2.45, 2.75) is 25.3 Å². The normalized spacial score (nSPS) is 26.0. The number of hydrogen-bond acceptors (Lipinski definition) is 4. The van der Waals surface area contributed by atoms with Gasteiger partial charge in [0.05, 0.1) is 17.2 Å². The molecule has 5 nitrogen and oxygen atoms in total. The first-order valence-corrected chi connectivity index (χ1v) is 9.13. The molecule has 0 radical (unpaired) electrons. The summed E-state index contributed by atoms with van der Waals surface area (Å²) < 4.78 is 0. The highest BCUT2D eigenvalue weighted by atomic mass is 35.5. The van der Waals surface area contributed by atoms with Gasteiger partial charge in [0.15, 0.2) is 5.96 Å². The lowest BCUT2D eigenvalue weighted by molar-refractivity contribution is -0.135. The molecule has 1 aliphatic heterocycles. The highest BCUT2D eigenvalue weighted by Gasteiger charge is 2.53. The van der Waals surface area contributed by atoms with Crippen molar-refractivity contribution in [2.24, 2.45) is 22.6 Å². The second-order valence-electron chi connectivity index (χ2n) is 7.27. The van der Waals surface area contributed by atoms with E-state index in [2.05, 4.69) is 4.98 Å². The first kappa shape index (κ1) is 17.0. The fourth-order valence-electron chi connectivity index (χ4n) is 3.83. The van der Waals surface area contributed by atoms with E-state index in [4.69, 9.17) is 22.3 Å². The van der Waals surface area contributed by atoms with Crippen molar-refractivity contribution in [3.05, 3.63) is 53.2 Å². The molecule has 1 amide bonds. The number of amides is 1. The van der Waals surface area contributed by atoms with E-state index < -0.39 is 5.54 Å². The summed E-state index contributed by atoms with van der Waals surface area (Å²) in [6, 6.07) is 11.5. The summed E-state index contributed by atoms with van der Waals surface area (Å²) in [6.07, 6.45) is 3.87. The number of benzene rings is 1. The number of nitrogens with two attached hydrogens (primary N) is 1. The van der Waals surface area contributed by atoms with Gasteiger partial charge in [0, 0.05) is 23.8 Å². The molecule has 1 aromatic heterocycles. The van der Waals surface area contributed by atoms with Crippen molar-refractivity contribution in [3.8, 4) is 11.3 Å². The van der Waals surface area contributed by atoms with Gasteiger partial charge >= 0.3 is 0 Å². The number of carbonyl (C=O) groups is 1. The molecule has 1 aromatic carbocycles. The fourth-order valence-corrected chi connectivity index (χ4v) is 4.02. The zero-order valence-corrected chi connectivity index (χ0v) is 15.6. The topological polar surface area (TPSA) is 71.6 Å². The maximum absolute atomic E-state index is 12.9. The first-order valence-electron chi connectivity index (χ1n) is 8.75. The quantitative estimate of drug-likeness (QED) is 0.902. The van der Waals surface area contributed by atoms with Crippen molar-refractivity contribution < 1.29 is 4.79 Å². The van der Waals surface area contributed by atoms with Crippen LogP contribution in [0.5, 0.6) is 0 Å². The Morgan fingerprint density at radius 1 is 1.27 bits per heavy atom. The highest BCUT2D eigenvalue weighted by Crippen LogP contribution is 2.50. The molecule has 4 rings (SSSR count). The summed E-state index contributed by atoms with van der Waals surface area (Å²) in [6.45, 7) is 2.00. The number of guanidine groups is 1. The maximum Gasteiger partial charge on any atom is 0.235 e. The first-order chi connectivity index (χ1) is 12.4. The van der Waals surface area contributed by atoms with Gasteiger partial charge in [-0.25, -0.2) is 4.99 Å². The van der Waals surface area contributed by atoms with Gasteiger partial charge in [-0.2, -0.15) is 0 Å². The Labute approximate surface area is 157 Å². The Morgan fingerprint density at radius 2 is 2.04 bits per heavy atom. The summed E-state index contributed by atoms with van der Waals surface area (Å²) in [5.74, 6) is 0.461. The molecule has 0 bridgehead atoms. The Morgan fingerprint density at radius 3 is 2.73 bits per heavy atom. The van der Waals surface area contributed by atoms with E-state index in [1.54, 1.807) is 13.2 Å². The zero-order valence-electron chi connectivity index (χ0n) is 14.8. The molecule has 0 spiro atoms. The molecule has 0 saturated heterocycles. The lowest BCUT2D eigenvalue weighted by atomic mass is 9.75. The number of rotatable bonds is 3. The third-order valence-corrected chi connectivity index (χ3v) is 5.69. The van der Waals surface area contributed by atoms with Crippen LogP contribution in [0.4, 0.5) is 0 Å². The van der Waals surface area contributed by atoms with Gasteiger partial charge in [-0.1, -0.05) is 23.7 Å². The van der Waals surface area contributed by atoms with Crippen molar-refractivity contribution in [2.75, 3.05) is 7.05 Å². The zero-order chi connectivity index (χ0) is 18.5. The number of nitrogens with zero attached hydrogens (tertiary/aromatic N) is 3. The van der Waals surface area contributed by atoms with Crippen LogP contribution >= 0.6 is 11.6 Å². The van der Waals surface area contributed by atoms with Gasteiger partial charge in [0.2, 0.25) is 5.91 Å². The minimum Gasteiger partial charge on any atom is -0.369 e. The summed E-state index contributed by atoms with van der Waals surface area (Å²) in [5.41, 5.74) is 8.05. The van der Waals surface area contributed by atoms with Gasteiger partial charge in [-0.3, -0.25) is 14.7 Å². The Bertz CT molecular complexity index is 908. The van der Waals surface area contributed by atoms with E-state index in [-0.39, 0.29) is 17.8 Å². The third kappa shape index (κ3) is 2.76. The Balaban J connectivity index is 1.82. The van der Waals surface area contributed by atoms with Gasteiger partial charge in [0.25, 0.3) is 0 Å². The van der Waals surface area contributed by atoms with Crippen molar-refractivity contribution >= 4 is 23.5 Å². The van der Waals surface area contributed by atoms with E-state index in [0.717, 1.165) is 29.7 Å². The lowest BCUT2D eigenvalue weighted by Crippen LogP contribution is -2.54. The fraction of sp³-hybridized carbons (Fsp3) is 0.350. The van der Waals surface area contributed by atoms with Crippen LogP contribution in [0.15, 0.2) is 47.6 Å². The van der Waals surface area contributed by atoms with Gasteiger partial charge in [-0.15, -0.1) is 0 Å². The highest BCUT2D eigenvalue weighted by molar-refractivity contribution is 6.30. The molecule has 2 aliphatic rings. The molecule has 2 aromatic rings. The second-order valence-corrected chi connectivity index (χ2v) is 7.71. The van der Waals surface area contributed by atoms with Crippen LogP contribution in [-0.4, -0.2) is 28.8 Å². The van der Waals surface area contributed by atoms with E-state index in [0.29, 0.717) is 10.9 Å². The molecular formula is C20H21ClN4O. The van der Waals surface area contributed by atoms with Crippen LogP contribution in [0.3, 0.4) is 0 Å². The van der Waals surface area contributed by atoms with Gasteiger partial charge < -0.3 is 5.73 Å². The molecule has 1 aliphatic carbocycles. The van der Waals surface area contributed by atoms with Crippen molar-refractivity contribution in [1.82, 2.24) is 9.88 Å². The van der Waals surface area contributed by atoms with E-state index in [9.17, 15) is 4.79 Å². The van der Waals surface area contributed by atoms with Crippen LogP contribution in [0.25, 0.3) is 11.3 Å². The van der Waals surface area contributed by atoms with Crippen LogP contribution in [0.2, 0.25) is 5.02 Å². The molecule has 26 heavy (non-hydrogen) atoms. The van der Waals surface area contributed by atoms with E-state index in [1.165, 1.54) is 4.90 Å². The molecule has 1 fully saturated rings. The minimum atomic E-state index is -0.689. The largest absolute Gasteiger partial charge is 0.369 e. The van der Waals surface area contributed by atoms with Crippen molar-refractivity contribution in [3.63, 3.8) is 0 Å². The number of hydrogen-bond donors (Lipinski definition) is 1. The summed E-state index contributed by atoms with van der Waals surface area (Å²) in [7, 11) is 1.69. The number of carbonyl (C=O) groups excluding carboxylic acids is 1. The minimum absolute atomic E-state index is 0.0450. The molecule has 2 atom stereocenters. The Kier molecular flexibility index (Phi) is 3.99. The number of aliphatic imine (C=N–C) groups is 1. The monoisotopic (exact) mass is 368 g/mol. The third-order valence-electron chi connectivity index (χ3n) is 5.45. The molecule has 6 heteroatoms. The molecule has 2 heterocycles. The van der Waals surface area contributed by atoms with Crippen LogP contribution in [0, 0.1) is 11.8 Å². The Hall–Kier alpha value is -2.40. The SMILES string of the molecule is CN1C(=O)[C@@H](C2CC2)[C@@](C)(c2ccnc(-c3cccc(Cl)c3)c2)N=C1N. The number of pyridine rings is 1. The molecule has 2 N–H and O–H groups in total. The predicted octanol–water partition coefficient (Wildman–Crippen LogP) is 3.43. The smallest absolute Gasteiger partial charge is 0.235 e. The predicted molar refractivity (Wildman–Crippen MR) is 103 cm³/mol. The van der Waals surface area contributed by atoms with Gasteiger partial charge in [0.1, 0.15) is 0 Å². The standard InChI is InChI=1S/C20H21ClN4O/c1-20(17(12-6-7-12)18(26)25(2)19(22)24-20)14-8-9-23-16(11-14)13-4-3-5-15(21)10-13/h3-5,8-12,17H,6-7H2,1-2H3,(H2,22,24)/t17-,20-/m1/s1. The van der Waals surface area contributed by atoms with Crippen molar-refractivity contribution in [1.29, 1.82) is 0 Å². The maximum atomic E-state index is 12.9. The molecule has 0 unspecified atom stereocenters. The molecule has 134 valence electrons. The van der Waals surface area contributed by atoms with Crippen LogP contribution in [-0.2, 0) is 10.3 Å². The number of aromatic nitrogens is 1. The average Bonchev–Trinajstić information content (AvgIpc) is 3.45. The second kappa shape index (κ2) is 6.09. The molecular weight excluding hydrogens is 348 g/mol. The number of halogens is 1. The summed E-state index contributed by atoms with van der Waals surface area (Å²) in [5, 5.41) is 0.661. The lowest BCUT2D eigenvalue weighted by Gasteiger charge is -2.41. The van der Waals surface area contributed by atoms with Crippen LogP contribution in [0.1, 0.15) is 25.3 Å². The van der Waals surface area contributed by atoms with E-state index in [1.807, 2.05) is 43.3 Å². The summed E-state index contributed by atoms with van der Waals surface area (Å²) >= 11 is 6.12. The molecule has 1 saturated carbocycles. The van der Waals surface area contributed by atoms with E-state index >= 15 is 0 Å².